The zero-order chi connectivity index (χ0) is 11.7. The van der Waals surface area contributed by atoms with E-state index in [0.717, 1.165) is 22.8 Å². The van der Waals surface area contributed by atoms with E-state index in [9.17, 15) is 0 Å². The number of aryl methyl sites for hydroxylation is 2. The molecule has 0 radical (unpaired) electrons. The molecular weight excluding hydrogens is 204 g/mol. The average molecular weight is 220 g/mol. The number of aromatic nitrogens is 5. The average Bonchev–Trinajstić information content (AvgIpc) is 2.74. The van der Waals surface area contributed by atoms with Crippen molar-refractivity contribution in [2.45, 2.75) is 26.9 Å². The highest BCUT2D eigenvalue weighted by atomic mass is 15.3. The molecule has 6 nitrogen and oxygen atoms in total. The van der Waals surface area contributed by atoms with E-state index in [1.807, 2.05) is 30.1 Å². The van der Waals surface area contributed by atoms with Gasteiger partial charge in [0.2, 0.25) is 0 Å². The SMILES string of the molecule is Cc1nn(Cc2nncn2C)c(C)c1CN. The van der Waals surface area contributed by atoms with Crippen LogP contribution in [0.4, 0.5) is 0 Å². The first-order valence-corrected chi connectivity index (χ1v) is 5.19. The molecule has 0 unspecified atom stereocenters. The van der Waals surface area contributed by atoms with Gasteiger partial charge in [-0.2, -0.15) is 5.10 Å². The Morgan fingerprint density at radius 1 is 1.38 bits per heavy atom. The first kappa shape index (κ1) is 10.8. The van der Waals surface area contributed by atoms with Crippen molar-refractivity contribution in [1.82, 2.24) is 24.5 Å². The summed E-state index contributed by atoms with van der Waals surface area (Å²) < 4.78 is 3.81. The maximum Gasteiger partial charge on any atom is 0.154 e. The Balaban J connectivity index is 2.32. The summed E-state index contributed by atoms with van der Waals surface area (Å²) >= 11 is 0. The Morgan fingerprint density at radius 2 is 2.12 bits per heavy atom. The summed E-state index contributed by atoms with van der Waals surface area (Å²) in [5, 5.41) is 12.3. The highest BCUT2D eigenvalue weighted by molar-refractivity contribution is 5.24. The summed E-state index contributed by atoms with van der Waals surface area (Å²) in [4.78, 5) is 0. The second kappa shape index (κ2) is 4.05. The number of nitrogens with zero attached hydrogens (tertiary/aromatic N) is 5. The lowest BCUT2D eigenvalue weighted by Gasteiger charge is -2.04. The molecule has 0 saturated carbocycles. The first-order valence-electron chi connectivity index (χ1n) is 5.19. The standard InChI is InChI=1S/C10H16N6/c1-7-9(4-11)8(2)16(14-7)5-10-13-12-6-15(10)3/h6H,4-5,11H2,1-3H3. The third-order valence-electron chi connectivity index (χ3n) is 2.83. The molecule has 0 atom stereocenters. The Hall–Kier alpha value is -1.69. The fraction of sp³-hybridized carbons (Fsp3) is 0.500. The molecule has 0 saturated heterocycles. The van der Waals surface area contributed by atoms with Crippen molar-refractivity contribution in [1.29, 1.82) is 0 Å². The van der Waals surface area contributed by atoms with Crippen LogP contribution in [0.3, 0.4) is 0 Å². The maximum absolute atomic E-state index is 5.68. The first-order chi connectivity index (χ1) is 7.63. The largest absolute Gasteiger partial charge is 0.326 e. The van der Waals surface area contributed by atoms with Gasteiger partial charge in [-0.05, 0) is 13.8 Å². The van der Waals surface area contributed by atoms with Gasteiger partial charge in [0.05, 0.1) is 5.69 Å². The van der Waals surface area contributed by atoms with Gasteiger partial charge in [-0.3, -0.25) is 4.68 Å². The van der Waals surface area contributed by atoms with Crippen LogP contribution in [-0.4, -0.2) is 24.5 Å². The second-order valence-electron chi connectivity index (χ2n) is 3.87. The molecule has 16 heavy (non-hydrogen) atoms. The van der Waals surface area contributed by atoms with Crippen molar-refractivity contribution in [3.63, 3.8) is 0 Å². The van der Waals surface area contributed by atoms with E-state index in [1.54, 1.807) is 6.33 Å². The molecule has 2 rings (SSSR count). The van der Waals surface area contributed by atoms with Crippen LogP contribution in [0, 0.1) is 13.8 Å². The van der Waals surface area contributed by atoms with Crippen molar-refractivity contribution >= 4 is 0 Å². The second-order valence-corrected chi connectivity index (χ2v) is 3.87. The van der Waals surface area contributed by atoms with E-state index in [0.29, 0.717) is 13.1 Å². The van der Waals surface area contributed by atoms with Crippen LogP contribution < -0.4 is 5.73 Å². The van der Waals surface area contributed by atoms with Gasteiger partial charge in [0.15, 0.2) is 5.82 Å². The quantitative estimate of drug-likeness (QED) is 0.798. The van der Waals surface area contributed by atoms with Crippen molar-refractivity contribution < 1.29 is 0 Å². The summed E-state index contributed by atoms with van der Waals surface area (Å²) in [5.41, 5.74) is 8.88. The molecule has 0 aliphatic heterocycles. The van der Waals surface area contributed by atoms with E-state index in [1.165, 1.54) is 0 Å². The molecule has 0 amide bonds. The molecule has 2 heterocycles. The van der Waals surface area contributed by atoms with Crippen LogP contribution in [0.1, 0.15) is 22.8 Å². The molecule has 2 aromatic rings. The number of nitrogens with two attached hydrogens (primary N) is 1. The summed E-state index contributed by atoms with van der Waals surface area (Å²) in [5.74, 6) is 0.883. The molecule has 0 aliphatic carbocycles. The van der Waals surface area contributed by atoms with Crippen LogP contribution in [-0.2, 0) is 20.1 Å². The topological polar surface area (TPSA) is 74.5 Å². The van der Waals surface area contributed by atoms with Gasteiger partial charge in [0.1, 0.15) is 12.9 Å². The summed E-state index contributed by atoms with van der Waals surface area (Å²) in [7, 11) is 1.92. The molecule has 0 spiro atoms. The Morgan fingerprint density at radius 3 is 2.62 bits per heavy atom. The van der Waals surface area contributed by atoms with Gasteiger partial charge in [-0.25, -0.2) is 0 Å². The van der Waals surface area contributed by atoms with Crippen LogP contribution in [0.25, 0.3) is 0 Å². The van der Waals surface area contributed by atoms with E-state index in [4.69, 9.17) is 5.73 Å². The molecule has 0 bridgehead atoms. The molecule has 6 heteroatoms. The fourth-order valence-electron chi connectivity index (χ4n) is 1.77. The van der Waals surface area contributed by atoms with Gasteiger partial charge in [0.25, 0.3) is 0 Å². The van der Waals surface area contributed by atoms with Gasteiger partial charge >= 0.3 is 0 Å². The minimum absolute atomic E-state index is 0.524. The van der Waals surface area contributed by atoms with Crippen LogP contribution in [0.2, 0.25) is 0 Å². The lowest BCUT2D eigenvalue weighted by Crippen LogP contribution is -2.09. The smallest absolute Gasteiger partial charge is 0.154 e. The van der Waals surface area contributed by atoms with Gasteiger partial charge in [-0.15, -0.1) is 10.2 Å². The van der Waals surface area contributed by atoms with Gasteiger partial charge in [0, 0.05) is 24.8 Å². The van der Waals surface area contributed by atoms with Crippen molar-refractivity contribution in [2.75, 3.05) is 0 Å². The van der Waals surface area contributed by atoms with Gasteiger partial charge < -0.3 is 10.3 Å². The minimum atomic E-state index is 0.524. The van der Waals surface area contributed by atoms with Crippen molar-refractivity contribution in [3.8, 4) is 0 Å². The lowest BCUT2D eigenvalue weighted by atomic mass is 10.2. The van der Waals surface area contributed by atoms with Crippen LogP contribution in [0.15, 0.2) is 6.33 Å². The summed E-state index contributed by atoms with van der Waals surface area (Å²) in [6.07, 6.45) is 1.69. The predicted molar refractivity (Wildman–Crippen MR) is 59.7 cm³/mol. The third-order valence-corrected chi connectivity index (χ3v) is 2.83. The number of hydrogen-bond donors (Lipinski definition) is 1. The minimum Gasteiger partial charge on any atom is -0.326 e. The van der Waals surface area contributed by atoms with Crippen molar-refractivity contribution in [2.24, 2.45) is 12.8 Å². The highest BCUT2D eigenvalue weighted by Crippen LogP contribution is 2.12. The molecular formula is C10H16N6. The van der Waals surface area contributed by atoms with E-state index >= 15 is 0 Å². The molecule has 0 aliphatic rings. The molecule has 0 fully saturated rings. The van der Waals surface area contributed by atoms with E-state index in [2.05, 4.69) is 15.3 Å². The zero-order valence-corrected chi connectivity index (χ0v) is 9.80. The monoisotopic (exact) mass is 220 g/mol. The van der Waals surface area contributed by atoms with Crippen molar-refractivity contribution in [3.05, 3.63) is 29.1 Å². The number of hydrogen-bond acceptors (Lipinski definition) is 4. The fourth-order valence-corrected chi connectivity index (χ4v) is 1.77. The predicted octanol–water partition coefficient (Wildman–Crippen LogP) is 0.135. The highest BCUT2D eigenvalue weighted by Gasteiger charge is 2.11. The zero-order valence-electron chi connectivity index (χ0n) is 9.80. The third kappa shape index (κ3) is 1.71. The van der Waals surface area contributed by atoms with E-state index < -0.39 is 0 Å². The molecule has 86 valence electrons. The Kier molecular flexibility index (Phi) is 2.74. The normalized spacial score (nSPS) is 11.0. The van der Waals surface area contributed by atoms with E-state index in [-0.39, 0.29) is 0 Å². The summed E-state index contributed by atoms with van der Waals surface area (Å²) in [6.45, 7) is 5.15. The van der Waals surface area contributed by atoms with Crippen LogP contribution >= 0.6 is 0 Å². The van der Waals surface area contributed by atoms with Crippen LogP contribution in [0.5, 0.6) is 0 Å². The molecule has 2 aromatic heterocycles. The molecule has 0 aromatic carbocycles. The van der Waals surface area contributed by atoms with Gasteiger partial charge in [-0.1, -0.05) is 0 Å². The summed E-state index contributed by atoms with van der Waals surface area (Å²) in [6, 6.07) is 0. The molecule has 2 N–H and O–H groups in total. The number of rotatable bonds is 3. The lowest BCUT2D eigenvalue weighted by molar-refractivity contribution is 0.610. The Bertz CT molecular complexity index is 495. The Labute approximate surface area is 94.1 Å². The maximum atomic E-state index is 5.68.